The molecule has 30 heavy (non-hydrogen) atoms. The number of hydrogen-bond acceptors (Lipinski definition) is 5. The maximum Gasteiger partial charge on any atom is 0.329 e. The fourth-order valence-corrected chi connectivity index (χ4v) is 2.65. The van der Waals surface area contributed by atoms with Gasteiger partial charge in [0.15, 0.2) is 0 Å². The van der Waals surface area contributed by atoms with E-state index < -0.39 is 30.0 Å². The highest BCUT2D eigenvalue weighted by Crippen LogP contribution is 2.10. The van der Waals surface area contributed by atoms with Gasteiger partial charge in [0.2, 0.25) is 11.8 Å². The zero-order valence-corrected chi connectivity index (χ0v) is 19.5. The van der Waals surface area contributed by atoms with Crippen molar-refractivity contribution in [3.05, 3.63) is 35.9 Å². The normalized spacial score (nSPS) is 13.9. The molecule has 2 amide bonds. The number of rotatable bonds is 10. The number of nitrogens with one attached hydrogen (secondary N) is 2. The molecule has 0 saturated carbocycles. The van der Waals surface area contributed by atoms with Crippen LogP contribution in [0.5, 0.6) is 0 Å². The second kappa shape index (κ2) is 13.2. The molecule has 0 aliphatic carbocycles. The number of ether oxygens (including phenoxy) is 1. The third-order valence-electron chi connectivity index (χ3n) is 4.71. The molecule has 0 spiro atoms. The standard InChI is InChI=1S/C22H35N3O4.ClH/c1-13(2)17(23)20(26)24-18(14(3)4)21(27)25-19(15(5)6)22(28)29-12-16-10-8-7-9-11-16;/h7-11,13-15,17-19H,12,23H2,1-6H3,(H,24,26)(H,25,27);1H/t17-,18-,19-;/m0./s1. The Hall–Kier alpha value is -2.12. The highest BCUT2D eigenvalue weighted by atomic mass is 35.5. The minimum absolute atomic E-state index is 0. The number of carbonyl (C=O) groups excluding carboxylic acids is 3. The van der Waals surface area contributed by atoms with Crippen LogP contribution in [0.4, 0.5) is 0 Å². The number of halogens is 1. The van der Waals surface area contributed by atoms with Gasteiger partial charge in [-0.2, -0.15) is 0 Å². The minimum atomic E-state index is -0.817. The lowest BCUT2D eigenvalue weighted by Gasteiger charge is -2.27. The van der Waals surface area contributed by atoms with Gasteiger partial charge >= 0.3 is 5.97 Å². The van der Waals surface area contributed by atoms with Gasteiger partial charge in [0.25, 0.3) is 0 Å². The molecule has 1 aromatic rings. The van der Waals surface area contributed by atoms with Gasteiger partial charge in [-0.3, -0.25) is 9.59 Å². The van der Waals surface area contributed by atoms with Gasteiger partial charge in [-0.15, -0.1) is 12.4 Å². The predicted molar refractivity (Wildman–Crippen MR) is 120 cm³/mol. The fraction of sp³-hybridized carbons (Fsp3) is 0.591. The molecule has 0 radical (unpaired) electrons. The van der Waals surface area contributed by atoms with Crippen LogP contribution in [0.15, 0.2) is 30.3 Å². The summed E-state index contributed by atoms with van der Waals surface area (Å²) in [4.78, 5) is 37.7. The number of hydrogen-bond donors (Lipinski definition) is 3. The second-order valence-electron chi connectivity index (χ2n) is 8.32. The summed E-state index contributed by atoms with van der Waals surface area (Å²) in [5, 5.41) is 5.45. The van der Waals surface area contributed by atoms with E-state index in [1.54, 1.807) is 0 Å². The first-order chi connectivity index (χ1) is 13.5. The lowest BCUT2D eigenvalue weighted by atomic mass is 9.98. The SMILES string of the molecule is CC(C)[C@H](N)C(=O)N[C@H](C(=O)N[C@H](C(=O)OCc1ccccc1)C(C)C)C(C)C.Cl. The highest BCUT2D eigenvalue weighted by molar-refractivity contribution is 5.92. The van der Waals surface area contributed by atoms with Gasteiger partial charge in [-0.05, 0) is 23.3 Å². The number of esters is 1. The quantitative estimate of drug-likeness (QED) is 0.483. The Kier molecular flexibility index (Phi) is 12.3. The first-order valence-electron chi connectivity index (χ1n) is 10.1. The van der Waals surface area contributed by atoms with Gasteiger partial charge in [0.05, 0.1) is 6.04 Å². The lowest BCUT2D eigenvalue weighted by molar-refractivity contribution is -0.150. The third kappa shape index (κ3) is 8.71. The molecule has 1 aromatic carbocycles. The third-order valence-corrected chi connectivity index (χ3v) is 4.71. The Morgan fingerprint density at radius 1 is 0.833 bits per heavy atom. The molecule has 170 valence electrons. The van der Waals surface area contributed by atoms with Crippen molar-refractivity contribution in [3.8, 4) is 0 Å². The lowest BCUT2D eigenvalue weighted by Crippen LogP contribution is -2.57. The molecule has 7 nitrogen and oxygen atoms in total. The molecule has 1 rings (SSSR count). The van der Waals surface area contributed by atoms with Crippen molar-refractivity contribution in [2.24, 2.45) is 23.5 Å². The molecule has 4 N–H and O–H groups in total. The van der Waals surface area contributed by atoms with Crippen LogP contribution in [0.1, 0.15) is 47.1 Å². The van der Waals surface area contributed by atoms with Crippen LogP contribution in [0.2, 0.25) is 0 Å². The topological polar surface area (TPSA) is 111 Å². The zero-order valence-electron chi connectivity index (χ0n) is 18.7. The minimum Gasteiger partial charge on any atom is -0.459 e. The van der Waals surface area contributed by atoms with Crippen LogP contribution in [0.3, 0.4) is 0 Å². The van der Waals surface area contributed by atoms with Gasteiger partial charge in [0, 0.05) is 0 Å². The van der Waals surface area contributed by atoms with Crippen LogP contribution in [-0.4, -0.2) is 35.9 Å². The van der Waals surface area contributed by atoms with E-state index in [0.29, 0.717) is 0 Å². The van der Waals surface area contributed by atoms with Crippen LogP contribution in [0, 0.1) is 17.8 Å². The van der Waals surface area contributed by atoms with Crippen LogP contribution in [-0.2, 0) is 25.7 Å². The Morgan fingerprint density at radius 2 is 1.33 bits per heavy atom. The molecule has 0 heterocycles. The molecule has 0 unspecified atom stereocenters. The molecule has 0 saturated heterocycles. The smallest absolute Gasteiger partial charge is 0.329 e. The van der Waals surface area contributed by atoms with E-state index in [0.717, 1.165) is 5.56 Å². The summed E-state index contributed by atoms with van der Waals surface area (Å²) in [6.07, 6.45) is 0. The van der Waals surface area contributed by atoms with Crippen molar-refractivity contribution in [2.75, 3.05) is 0 Å². The van der Waals surface area contributed by atoms with Gasteiger partial charge in [-0.25, -0.2) is 4.79 Å². The number of benzene rings is 1. The summed E-state index contributed by atoms with van der Waals surface area (Å²) in [6.45, 7) is 11.1. The number of nitrogens with two attached hydrogens (primary N) is 1. The van der Waals surface area contributed by atoms with Crippen molar-refractivity contribution in [3.63, 3.8) is 0 Å². The molecule has 0 fully saturated rings. The average Bonchev–Trinajstić information content (AvgIpc) is 2.67. The first kappa shape index (κ1) is 27.9. The van der Waals surface area contributed by atoms with E-state index in [2.05, 4.69) is 10.6 Å². The summed E-state index contributed by atoms with van der Waals surface area (Å²) >= 11 is 0. The molecule has 8 heteroatoms. The maximum absolute atomic E-state index is 12.8. The Labute approximate surface area is 185 Å². The van der Waals surface area contributed by atoms with Crippen LogP contribution >= 0.6 is 12.4 Å². The van der Waals surface area contributed by atoms with Gasteiger partial charge in [-0.1, -0.05) is 71.9 Å². The monoisotopic (exact) mass is 441 g/mol. The largest absolute Gasteiger partial charge is 0.459 e. The summed E-state index contributed by atoms with van der Waals surface area (Å²) in [5.74, 6) is -1.73. The summed E-state index contributed by atoms with van der Waals surface area (Å²) in [7, 11) is 0. The van der Waals surface area contributed by atoms with Crippen LogP contribution < -0.4 is 16.4 Å². The Balaban J connectivity index is 0.00000841. The van der Waals surface area contributed by atoms with E-state index in [-0.39, 0.29) is 42.7 Å². The fourth-order valence-electron chi connectivity index (χ4n) is 2.65. The van der Waals surface area contributed by atoms with E-state index in [4.69, 9.17) is 10.5 Å². The molecule has 3 atom stereocenters. The summed E-state index contributed by atoms with van der Waals surface area (Å²) in [5.41, 5.74) is 6.75. The number of carbonyl (C=O) groups is 3. The number of amides is 2. The molecule has 0 aromatic heterocycles. The van der Waals surface area contributed by atoms with E-state index in [1.165, 1.54) is 0 Å². The predicted octanol–water partition coefficient (Wildman–Crippen LogP) is 2.42. The maximum atomic E-state index is 12.8. The van der Waals surface area contributed by atoms with Crippen molar-refractivity contribution in [1.29, 1.82) is 0 Å². The summed E-state index contributed by atoms with van der Waals surface area (Å²) in [6, 6.07) is 7.01. The second-order valence-corrected chi connectivity index (χ2v) is 8.32. The summed E-state index contributed by atoms with van der Waals surface area (Å²) < 4.78 is 5.38. The van der Waals surface area contributed by atoms with Crippen molar-refractivity contribution < 1.29 is 19.1 Å². The zero-order chi connectivity index (χ0) is 22.1. The average molecular weight is 442 g/mol. The van der Waals surface area contributed by atoms with Gasteiger partial charge < -0.3 is 21.1 Å². The molecular weight excluding hydrogens is 406 g/mol. The first-order valence-corrected chi connectivity index (χ1v) is 10.1. The Bertz CT molecular complexity index is 680. The molecule has 0 aliphatic heterocycles. The van der Waals surface area contributed by atoms with Crippen LogP contribution in [0.25, 0.3) is 0 Å². The van der Waals surface area contributed by atoms with Crippen molar-refractivity contribution >= 4 is 30.2 Å². The van der Waals surface area contributed by atoms with Crippen molar-refractivity contribution in [2.45, 2.75) is 66.3 Å². The molecular formula is C22H36ClN3O4. The van der Waals surface area contributed by atoms with E-state index >= 15 is 0 Å². The van der Waals surface area contributed by atoms with Crippen molar-refractivity contribution in [1.82, 2.24) is 10.6 Å². The molecule has 0 bridgehead atoms. The molecule has 0 aliphatic rings. The highest BCUT2D eigenvalue weighted by Gasteiger charge is 2.32. The van der Waals surface area contributed by atoms with Gasteiger partial charge in [0.1, 0.15) is 18.7 Å². The Morgan fingerprint density at radius 3 is 1.80 bits per heavy atom. The van der Waals surface area contributed by atoms with E-state index in [1.807, 2.05) is 71.9 Å². The van der Waals surface area contributed by atoms with E-state index in [9.17, 15) is 14.4 Å².